The van der Waals surface area contributed by atoms with Gasteiger partial charge in [0, 0.05) is 5.56 Å². The lowest BCUT2D eigenvalue weighted by Crippen LogP contribution is -2.16. The third-order valence-electron chi connectivity index (χ3n) is 1.88. The Morgan fingerprint density at radius 3 is 2.33 bits per heavy atom. The normalized spacial score (nSPS) is 11.4. The van der Waals surface area contributed by atoms with Crippen LogP contribution in [0.25, 0.3) is 0 Å². The molecule has 96 valence electrons. The number of hydrogen-bond donors (Lipinski definition) is 1. The molecule has 1 aromatic heterocycles. The number of halogens is 5. The first-order valence-electron chi connectivity index (χ1n) is 4.22. The highest BCUT2D eigenvalue weighted by molar-refractivity contribution is 5.86. The average Bonchev–Trinajstić information content (AvgIpc) is 2.25. The molecule has 0 unspecified atom stereocenters. The van der Waals surface area contributed by atoms with Gasteiger partial charge in [0.05, 0.1) is 5.56 Å². The van der Waals surface area contributed by atoms with Crippen molar-refractivity contribution >= 4 is 5.97 Å². The fourth-order valence-electron chi connectivity index (χ4n) is 1.17. The van der Waals surface area contributed by atoms with Crippen molar-refractivity contribution in [2.24, 2.45) is 0 Å². The second-order valence-corrected chi connectivity index (χ2v) is 3.04. The van der Waals surface area contributed by atoms with E-state index in [9.17, 15) is 26.7 Å². The second kappa shape index (κ2) is 4.56. The van der Waals surface area contributed by atoms with E-state index in [1.807, 2.05) is 0 Å². The van der Waals surface area contributed by atoms with Crippen molar-refractivity contribution < 1.29 is 31.9 Å². The van der Waals surface area contributed by atoms with E-state index in [2.05, 4.69) is 4.98 Å². The molecule has 0 aliphatic heterocycles. The number of nitriles is 1. The molecule has 9 heteroatoms. The highest BCUT2D eigenvalue weighted by Gasteiger charge is 2.39. The highest BCUT2D eigenvalue weighted by Crippen LogP contribution is 2.34. The lowest BCUT2D eigenvalue weighted by Gasteiger charge is -2.12. The van der Waals surface area contributed by atoms with Gasteiger partial charge in [0.1, 0.15) is 11.8 Å². The topological polar surface area (TPSA) is 74.0 Å². The van der Waals surface area contributed by atoms with Crippen LogP contribution in [0, 0.1) is 11.3 Å². The monoisotopic (exact) mass is 266 g/mol. The third-order valence-corrected chi connectivity index (χ3v) is 1.88. The number of pyridine rings is 1. The van der Waals surface area contributed by atoms with Gasteiger partial charge in [0.15, 0.2) is 5.69 Å². The molecule has 0 amide bonds. The van der Waals surface area contributed by atoms with E-state index in [4.69, 9.17) is 10.4 Å². The van der Waals surface area contributed by atoms with Crippen LogP contribution in [0.2, 0.25) is 0 Å². The fraction of sp³-hybridized carbons (Fsp3) is 0.222. The Balaban J connectivity index is 3.69. The molecule has 0 saturated heterocycles. The van der Waals surface area contributed by atoms with Crippen molar-refractivity contribution in [3.63, 3.8) is 0 Å². The standard InChI is InChI=1S/C9H3F5N2O2/c10-7(11)3-1-5(8(17)18)16-6(4(3)2-15)9(12,13)14/h1,7H,(H,17,18). The minimum Gasteiger partial charge on any atom is -0.477 e. The molecule has 4 nitrogen and oxygen atoms in total. The van der Waals surface area contributed by atoms with Gasteiger partial charge in [-0.2, -0.15) is 18.4 Å². The maximum Gasteiger partial charge on any atom is 0.434 e. The van der Waals surface area contributed by atoms with Crippen LogP contribution in [0.4, 0.5) is 22.0 Å². The third kappa shape index (κ3) is 2.53. The minimum absolute atomic E-state index is 0.251. The summed E-state index contributed by atoms with van der Waals surface area (Å²) in [5.74, 6) is -1.90. The van der Waals surface area contributed by atoms with Gasteiger partial charge in [-0.05, 0) is 6.07 Å². The Morgan fingerprint density at radius 2 is 2.00 bits per heavy atom. The summed E-state index contributed by atoms with van der Waals surface area (Å²) < 4.78 is 62.4. The average molecular weight is 266 g/mol. The van der Waals surface area contributed by atoms with E-state index in [0.717, 1.165) is 6.07 Å². The lowest BCUT2D eigenvalue weighted by atomic mass is 10.1. The molecular weight excluding hydrogens is 263 g/mol. The molecule has 0 radical (unpaired) electrons. The predicted molar refractivity (Wildman–Crippen MR) is 45.9 cm³/mol. The summed E-state index contributed by atoms with van der Waals surface area (Å²) in [4.78, 5) is 13.2. The van der Waals surface area contributed by atoms with Crippen molar-refractivity contribution in [3.05, 3.63) is 28.6 Å². The Labute approximate surface area is 96.3 Å². The van der Waals surface area contributed by atoms with Crippen LogP contribution >= 0.6 is 0 Å². The van der Waals surface area contributed by atoms with Gasteiger partial charge in [-0.3, -0.25) is 0 Å². The number of hydrogen-bond acceptors (Lipinski definition) is 3. The van der Waals surface area contributed by atoms with E-state index in [1.54, 1.807) is 0 Å². The largest absolute Gasteiger partial charge is 0.477 e. The smallest absolute Gasteiger partial charge is 0.434 e. The molecule has 0 saturated carbocycles. The lowest BCUT2D eigenvalue weighted by molar-refractivity contribution is -0.141. The number of rotatable bonds is 2. The maximum absolute atomic E-state index is 12.5. The first kappa shape index (κ1) is 13.8. The summed E-state index contributed by atoms with van der Waals surface area (Å²) in [5, 5.41) is 17.0. The number of carboxylic acids is 1. The first-order chi connectivity index (χ1) is 8.18. The van der Waals surface area contributed by atoms with Gasteiger partial charge >= 0.3 is 12.1 Å². The number of aromatic carboxylic acids is 1. The van der Waals surface area contributed by atoms with Crippen LogP contribution in [0.5, 0.6) is 0 Å². The van der Waals surface area contributed by atoms with Gasteiger partial charge in [-0.15, -0.1) is 0 Å². The van der Waals surface area contributed by atoms with E-state index in [0.29, 0.717) is 0 Å². The van der Waals surface area contributed by atoms with Crippen LogP contribution < -0.4 is 0 Å². The van der Waals surface area contributed by atoms with Gasteiger partial charge in [0.25, 0.3) is 6.43 Å². The molecule has 1 aromatic rings. The Bertz CT molecular complexity index is 533. The summed E-state index contributed by atoms with van der Waals surface area (Å²) in [6.45, 7) is 0. The predicted octanol–water partition coefficient (Wildman–Crippen LogP) is 2.61. The second-order valence-electron chi connectivity index (χ2n) is 3.04. The quantitative estimate of drug-likeness (QED) is 0.835. The molecule has 0 aromatic carbocycles. The number of alkyl halides is 5. The molecule has 0 bridgehead atoms. The highest BCUT2D eigenvalue weighted by atomic mass is 19.4. The zero-order valence-electron chi connectivity index (χ0n) is 8.29. The molecule has 1 N–H and O–H groups in total. The summed E-state index contributed by atoms with van der Waals surface area (Å²) in [5.41, 5.74) is -5.81. The van der Waals surface area contributed by atoms with Crippen molar-refractivity contribution in [3.8, 4) is 6.07 Å². The van der Waals surface area contributed by atoms with E-state index < -0.39 is 41.1 Å². The number of nitrogens with zero attached hydrogens (tertiary/aromatic N) is 2. The van der Waals surface area contributed by atoms with Crippen molar-refractivity contribution in [1.29, 1.82) is 5.26 Å². The Kier molecular flexibility index (Phi) is 3.50. The van der Waals surface area contributed by atoms with Crippen LogP contribution in [-0.2, 0) is 6.18 Å². The Morgan fingerprint density at radius 1 is 1.44 bits per heavy atom. The van der Waals surface area contributed by atoms with E-state index >= 15 is 0 Å². The molecule has 0 atom stereocenters. The zero-order chi connectivity index (χ0) is 14.1. The van der Waals surface area contributed by atoms with E-state index in [-0.39, 0.29) is 6.07 Å². The fourth-order valence-corrected chi connectivity index (χ4v) is 1.17. The zero-order valence-corrected chi connectivity index (χ0v) is 8.29. The minimum atomic E-state index is -5.19. The summed E-state index contributed by atoms with van der Waals surface area (Å²) >= 11 is 0. The van der Waals surface area contributed by atoms with Crippen LogP contribution in [0.15, 0.2) is 6.07 Å². The first-order valence-corrected chi connectivity index (χ1v) is 4.22. The molecule has 1 heterocycles. The van der Waals surface area contributed by atoms with E-state index in [1.165, 1.54) is 0 Å². The Hall–Kier alpha value is -2.24. The van der Waals surface area contributed by atoms with Crippen molar-refractivity contribution in [1.82, 2.24) is 4.98 Å². The molecule has 0 spiro atoms. The van der Waals surface area contributed by atoms with Crippen molar-refractivity contribution in [2.75, 3.05) is 0 Å². The van der Waals surface area contributed by atoms with Gasteiger partial charge in [0.2, 0.25) is 0 Å². The SMILES string of the molecule is N#Cc1c(C(F)F)cc(C(=O)O)nc1C(F)(F)F. The number of aromatic nitrogens is 1. The number of carboxylic acid groups (broad SMARTS) is 1. The van der Waals surface area contributed by atoms with Crippen molar-refractivity contribution in [2.45, 2.75) is 12.6 Å². The molecule has 1 rings (SSSR count). The van der Waals surface area contributed by atoms with Gasteiger partial charge in [-0.1, -0.05) is 0 Å². The van der Waals surface area contributed by atoms with Crippen LogP contribution in [0.1, 0.15) is 33.7 Å². The number of carbonyl (C=O) groups is 1. The summed E-state index contributed by atoms with van der Waals surface area (Å²) in [7, 11) is 0. The summed E-state index contributed by atoms with van der Waals surface area (Å²) in [6.07, 6.45) is -8.61. The van der Waals surface area contributed by atoms with Gasteiger partial charge < -0.3 is 5.11 Å². The maximum atomic E-state index is 12.5. The summed E-state index contributed by atoms with van der Waals surface area (Å²) in [6, 6.07) is 1.21. The molecule has 0 aliphatic rings. The molecule has 0 fully saturated rings. The molecular formula is C9H3F5N2O2. The van der Waals surface area contributed by atoms with Crippen LogP contribution in [-0.4, -0.2) is 16.1 Å². The van der Waals surface area contributed by atoms with Crippen LogP contribution in [0.3, 0.4) is 0 Å². The van der Waals surface area contributed by atoms with Gasteiger partial charge in [-0.25, -0.2) is 18.6 Å². The molecule has 0 aliphatic carbocycles. The molecule has 18 heavy (non-hydrogen) atoms.